The summed E-state index contributed by atoms with van der Waals surface area (Å²) < 4.78 is 15.3. The minimum Gasteiger partial charge on any atom is -0.749 e. The number of methoxy groups -OCH3 is 2. The van der Waals surface area contributed by atoms with Crippen LogP contribution in [-0.2, 0) is 44.7 Å². The number of nitrogens with one attached hydrogen (secondary N) is 4. The zero-order valence-corrected chi connectivity index (χ0v) is 44.2. The first-order valence-electron chi connectivity index (χ1n) is 22.5. The average Bonchev–Trinajstić information content (AvgIpc) is 4.27. The van der Waals surface area contributed by atoms with Crippen LogP contribution in [0.15, 0.2) is 158 Å². The number of aromatic nitrogens is 2. The zero-order chi connectivity index (χ0) is 50.2. The van der Waals surface area contributed by atoms with Crippen molar-refractivity contribution in [2.24, 2.45) is 3.15 Å². The van der Waals surface area contributed by atoms with Gasteiger partial charge in [0.1, 0.15) is 43.4 Å². The number of alkyl carbamates (subject to hydrolysis) is 2. The van der Waals surface area contributed by atoms with Crippen LogP contribution in [0.25, 0.3) is 19.8 Å². The van der Waals surface area contributed by atoms with E-state index in [0.29, 0.717) is 35.6 Å². The molecule has 0 bridgehead atoms. The van der Waals surface area contributed by atoms with E-state index in [2.05, 4.69) is 24.4 Å². The predicted molar refractivity (Wildman–Crippen MR) is 294 cm³/mol. The Balaban J connectivity index is 0.943. The molecule has 0 fully saturated rings. The van der Waals surface area contributed by atoms with Gasteiger partial charge in [0.25, 0.3) is 0 Å². The number of benzene rings is 4. The molecule has 0 aliphatic carbocycles. The van der Waals surface area contributed by atoms with Crippen molar-refractivity contribution in [2.45, 2.75) is 49.9 Å². The number of ether oxygens (including phenoxy) is 2. The monoisotopic (exact) mass is 1150 g/mol. The summed E-state index contributed by atoms with van der Waals surface area (Å²) in [7, 11) is 2.51. The van der Waals surface area contributed by atoms with Crippen LogP contribution in [0.2, 0.25) is 0 Å². The highest BCUT2D eigenvalue weighted by Gasteiger charge is 2.28. The van der Waals surface area contributed by atoms with Gasteiger partial charge in [-0.15, -0.1) is 45.3 Å². The Morgan fingerprint density at radius 1 is 0.556 bits per heavy atom. The topological polar surface area (TPSA) is 199 Å². The number of nitrogens with zero attached hydrogens (tertiary/aromatic N) is 4. The molecule has 0 radical (unpaired) electrons. The highest BCUT2D eigenvalue weighted by molar-refractivity contribution is 14.2. The molecule has 4 heterocycles. The fourth-order valence-corrected chi connectivity index (χ4v) is 12.2. The molecule has 8 aromatic rings. The molecule has 0 saturated carbocycles. The summed E-state index contributed by atoms with van der Waals surface area (Å²) in [6.07, 6.45) is -0.168. The quantitative estimate of drug-likeness (QED) is 0.0305. The van der Waals surface area contributed by atoms with E-state index in [0.717, 1.165) is 45.3 Å². The lowest BCUT2D eigenvalue weighted by atomic mass is 10.0. The van der Waals surface area contributed by atoms with Gasteiger partial charge in [0.05, 0.1) is 53.1 Å². The summed E-state index contributed by atoms with van der Waals surface area (Å²) in [6, 6.07) is 38.6. The molecule has 15 nitrogen and oxygen atoms in total. The number of rotatable bonds is 21. The van der Waals surface area contributed by atoms with Crippen molar-refractivity contribution in [3.05, 3.63) is 194 Å². The summed E-state index contributed by atoms with van der Waals surface area (Å²) >= 11 is 4.78. The average molecular weight is 1150 g/mol. The molecule has 4 atom stereocenters. The smallest absolute Gasteiger partial charge is 0.407 e. The Bertz CT molecular complexity index is 3030. The first kappa shape index (κ1) is 51.7. The lowest BCUT2D eigenvalue weighted by molar-refractivity contribution is -0.124. The second kappa shape index (κ2) is 25.6. The van der Waals surface area contributed by atoms with Gasteiger partial charge in [-0.25, -0.2) is 22.7 Å². The molecule has 0 unspecified atom stereocenters. The summed E-state index contributed by atoms with van der Waals surface area (Å²) in [5.74, 6) is -0.777. The van der Waals surface area contributed by atoms with Gasteiger partial charge in [-0.1, -0.05) is 97.1 Å². The van der Waals surface area contributed by atoms with Gasteiger partial charge < -0.3 is 39.2 Å². The van der Waals surface area contributed by atoms with Crippen LogP contribution in [0.1, 0.15) is 45.7 Å². The summed E-state index contributed by atoms with van der Waals surface area (Å²) in [5, 5.41) is 34.7. The van der Waals surface area contributed by atoms with Crippen LogP contribution < -0.4 is 24.5 Å². The molecule has 4 aromatic heterocycles. The Labute approximate surface area is 442 Å². The van der Waals surface area contributed by atoms with Crippen LogP contribution in [0, 0.1) is 5.21 Å². The van der Waals surface area contributed by atoms with Crippen molar-refractivity contribution in [1.29, 1.82) is 0 Å². The summed E-state index contributed by atoms with van der Waals surface area (Å²) in [5.41, 5.74) is 5.95. The van der Waals surface area contributed by atoms with Crippen molar-refractivity contribution in [1.82, 2.24) is 31.2 Å². The van der Waals surface area contributed by atoms with E-state index < -0.39 is 63.6 Å². The van der Waals surface area contributed by atoms with Crippen LogP contribution in [0.5, 0.6) is 0 Å². The third kappa shape index (κ3) is 14.5. The number of thiazole rings is 2. The molecule has 0 spiro atoms. The Morgan fingerprint density at radius 3 is 1.40 bits per heavy atom. The highest BCUT2D eigenvalue weighted by atomic mass is 127. The fraction of sp³-hybridized carbons (Fsp3) is 0.192. The minimum atomic E-state index is -1.37. The molecule has 0 saturated heterocycles. The standard InChI is InChI=1S/C52H48IN8O7S4/c1-67-51(64)58-41(29-33-11-5-3-6-12-33)47(62)54-39(43-31-71-49(56-43)45-15-9-25-69-45)27-35-17-21-37(22-18-35)60-53-61(66)38-23-19-36(20-24-38)28-40(44-32-72-50(57-44)46-16-10-26-70-46)55-48(63)42(59-52(65)68-2)30-34-13-7-4-8-14-34/h3-26,31-32,39-42H,27-30H2,1-2H3,(H,54,62)(H,55,63)(H,58,64)(H,59,65)/q-1/t39-,40-,41-,42-/m0/s1. The number of carbonyl (C=O) groups excluding carboxylic acids is 4. The molecule has 4 amide bonds. The van der Waals surface area contributed by atoms with Gasteiger partial charge in [0.2, 0.25) is 11.8 Å². The van der Waals surface area contributed by atoms with Gasteiger partial charge in [-0.3, -0.25) is 9.59 Å². The first-order valence-corrected chi connectivity index (χ1v) is 27.9. The molecule has 20 heteroatoms. The van der Waals surface area contributed by atoms with E-state index in [4.69, 9.17) is 19.4 Å². The number of hydrogen-bond donors (Lipinski definition) is 4. The SMILES string of the molecule is COC(=O)N[C@@H](Cc1ccccc1)C(=O)N[C@@H](Cc1ccc(N=IN([O-])c2ccc(C[C@H](NC(=O)[C@H](Cc3ccccc3)NC(=O)OC)c3csc(-c4cccs4)n3)cc2)cc1)c1csc(-c2cccs2)n1. The molecule has 0 aliphatic heterocycles. The number of hydrogen-bond acceptors (Lipinski definition) is 14. The van der Waals surface area contributed by atoms with Gasteiger partial charge >= 0.3 is 12.2 Å². The molecule has 0 aliphatic rings. The minimum absolute atomic E-state index is 0.248. The van der Waals surface area contributed by atoms with E-state index in [9.17, 15) is 24.4 Å². The fourth-order valence-electron chi connectivity index (χ4n) is 7.47. The molecule has 370 valence electrons. The van der Waals surface area contributed by atoms with Crippen molar-refractivity contribution >= 4 is 102 Å². The number of anilines is 1. The maximum Gasteiger partial charge on any atom is 0.407 e. The van der Waals surface area contributed by atoms with E-state index in [1.807, 2.05) is 143 Å². The largest absolute Gasteiger partial charge is 0.749 e. The summed E-state index contributed by atoms with van der Waals surface area (Å²) in [6.45, 7) is 0. The van der Waals surface area contributed by atoms with Crippen molar-refractivity contribution in [2.75, 3.05) is 17.5 Å². The second-order valence-corrected chi connectivity index (χ2v) is 21.5. The van der Waals surface area contributed by atoms with E-state index in [1.165, 1.54) is 36.9 Å². The lowest BCUT2D eigenvalue weighted by Gasteiger charge is -2.25. The van der Waals surface area contributed by atoms with Crippen molar-refractivity contribution < 1.29 is 28.7 Å². The van der Waals surface area contributed by atoms with Crippen molar-refractivity contribution in [3.8, 4) is 19.8 Å². The van der Waals surface area contributed by atoms with E-state index in [1.54, 1.807) is 34.8 Å². The third-order valence-electron chi connectivity index (χ3n) is 11.2. The third-order valence-corrected chi connectivity index (χ3v) is 16.7. The van der Waals surface area contributed by atoms with E-state index in [-0.39, 0.29) is 18.7 Å². The number of amides is 4. The van der Waals surface area contributed by atoms with Gasteiger partial charge in [-0.2, -0.15) is 0 Å². The van der Waals surface area contributed by atoms with Crippen LogP contribution in [-0.4, -0.2) is 60.3 Å². The van der Waals surface area contributed by atoms with Gasteiger partial charge in [0.15, 0.2) is 0 Å². The molecule has 8 rings (SSSR count). The molecule has 4 N–H and O–H groups in total. The first-order chi connectivity index (χ1) is 35.1. The number of halogens is 1. The zero-order valence-electron chi connectivity index (χ0n) is 38.8. The Morgan fingerprint density at radius 2 is 0.986 bits per heavy atom. The summed E-state index contributed by atoms with van der Waals surface area (Å²) in [4.78, 5) is 64.5. The molecule has 72 heavy (non-hydrogen) atoms. The maximum atomic E-state index is 14.0. The van der Waals surface area contributed by atoms with E-state index >= 15 is 0 Å². The number of carbonyl (C=O) groups is 4. The Hall–Kier alpha value is -6.69. The number of thiophene rings is 2. The molecular weight excluding hydrogens is 1100 g/mol. The van der Waals surface area contributed by atoms with Crippen LogP contribution in [0.3, 0.4) is 0 Å². The second-order valence-electron chi connectivity index (χ2n) is 16.1. The van der Waals surface area contributed by atoms with Crippen LogP contribution in [0.4, 0.5) is 21.0 Å². The molecule has 4 aromatic carbocycles. The highest BCUT2D eigenvalue weighted by Crippen LogP contribution is 2.34. The normalized spacial score (nSPS) is 12.9. The predicted octanol–water partition coefficient (Wildman–Crippen LogP) is 11.5. The lowest BCUT2D eigenvalue weighted by Crippen LogP contribution is -2.49. The Kier molecular flexibility index (Phi) is 18.4. The van der Waals surface area contributed by atoms with Gasteiger partial charge in [0, 0.05) is 29.3 Å². The van der Waals surface area contributed by atoms with Gasteiger partial charge in [-0.05, 0) is 82.3 Å². The molecular formula is C52H48IN8O7S4-. The maximum absolute atomic E-state index is 14.0. The van der Waals surface area contributed by atoms with Crippen LogP contribution >= 0.6 is 66.7 Å². The van der Waals surface area contributed by atoms with Crippen molar-refractivity contribution in [3.63, 3.8) is 0 Å².